The molecule has 0 aromatic heterocycles. The summed E-state index contributed by atoms with van der Waals surface area (Å²) < 4.78 is 38.9. The molecule has 0 unspecified atom stereocenters. The first-order valence-corrected chi connectivity index (χ1v) is 11.3. The number of hydrogen-bond acceptors (Lipinski definition) is 5. The first-order chi connectivity index (χ1) is 14.7. The van der Waals surface area contributed by atoms with Crippen LogP contribution in [-0.4, -0.2) is 27.9 Å². The second-order valence-electron chi connectivity index (χ2n) is 7.38. The quantitative estimate of drug-likeness (QED) is 0.575. The van der Waals surface area contributed by atoms with E-state index in [1.165, 1.54) is 25.3 Å². The Balaban J connectivity index is 1.58. The standard InChI is InChI=1S/C20H22ClF3N4O2S/c21-15-9-8-13(10-14(15)20(22,23)24)25-17(29)11-16-18(30)26-19(31-16)28-27-12-6-4-2-1-3-5-7-12/h8-10,16H,1-7,11H2,(H,25,29)(H,26,28,30)/t16-/m1/s1. The van der Waals surface area contributed by atoms with Crippen LogP contribution >= 0.6 is 23.4 Å². The summed E-state index contributed by atoms with van der Waals surface area (Å²) in [6.45, 7) is 0. The van der Waals surface area contributed by atoms with E-state index in [9.17, 15) is 22.8 Å². The van der Waals surface area contributed by atoms with Gasteiger partial charge in [0.1, 0.15) is 5.25 Å². The molecule has 1 aromatic carbocycles. The lowest BCUT2D eigenvalue weighted by molar-refractivity contribution is -0.137. The van der Waals surface area contributed by atoms with Crippen molar-refractivity contribution in [1.29, 1.82) is 0 Å². The second-order valence-corrected chi connectivity index (χ2v) is 8.98. The summed E-state index contributed by atoms with van der Waals surface area (Å²) in [5.74, 6) is -0.973. The van der Waals surface area contributed by atoms with E-state index in [1.54, 1.807) is 0 Å². The minimum atomic E-state index is -4.64. The normalized spacial score (nSPS) is 21.4. The molecule has 3 rings (SSSR count). The summed E-state index contributed by atoms with van der Waals surface area (Å²) in [4.78, 5) is 24.4. The van der Waals surface area contributed by atoms with E-state index in [1.807, 2.05) is 0 Å². The van der Waals surface area contributed by atoms with Crippen molar-refractivity contribution in [2.75, 3.05) is 5.32 Å². The largest absolute Gasteiger partial charge is 0.417 e. The third-order valence-corrected chi connectivity index (χ3v) is 6.32. The first-order valence-electron chi connectivity index (χ1n) is 10.00. The number of anilines is 1. The lowest BCUT2D eigenvalue weighted by Crippen LogP contribution is -2.28. The summed E-state index contributed by atoms with van der Waals surface area (Å²) in [6, 6.07) is 3.10. The average Bonchev–Trinajstić information content (AvgIpc) is 3.01. The fraction of sp³-hybridized carbons (Fsp3) is 0.500. The van der Waals surface area contributed by atoms with E-state index in [4.69, 9.17) is 11.6 Å². The number of thioether (sulfide) groups is 1. The maximum absolute atomic E-state index is 13.0. The zero-order valence-corrected chi connectivity index (χ0v) is 18.2. The van der Waals surface area contributed by atoms with Crippen LogP contribution < -0.4 is 10.6 Å². The number of alkyl halides is 3. The van der Waals surface area contributed by atoms with Gasteiger partial charge in [0.25, 0.3) is 0 Å². The zero-order valence-electron chi connectivity index (χ0n) is 16.6. The fourth-order valence-electron chi connectivity index (χ4n) is 3.32. The number of nitrogens with one attached hydrogen (secondary N) is 2. The third kappa shape index (κ3) is 6.96. The minimum Gasteiger partial charge on any atom is -0.326 e. The van der Waals surface area contributed by atoms with Crippen LogP contribution in [0.2, 0.25) is 5.02 Å². The van der Waals surface area contributed by atoms with Gasteiger partial charge in [-0.1, -0.05) is 42.6 Å². The van der Waals surface area contributed by atoms with E-state index in [-0.39, 0.29) is 18.0 Å². The molecule has 2 fully saturated rings. The van der Waals surface area contributed by atoms with Gasteiger partial charge < -0.3 is 10.6 Å². The Hall–Kier alpha value is -2.07. The molecule has 11 heteroatoms. The maximum atomic E-state index is 13.0. The molecular formula is C20H22ClF3N4O2S. The molecular weight excluding hydrogens is 453 g/mol. The van der Waals surface area contributed by atoms with Crippen molar-refractivity contribution in [2.45, 2.75) is 62.8 Å². The Labute approximate surface area is 187 Å². The number of benzene rings is 1. The number of nitrogens with zero attached hydrogens (tertiary/aromatic N) is 2. The summed E-state index contributed by atoms with van der Waals surface area (Å²) in [5, 5.41) is 12.5. The molecule has 1 aliphatic heterocycles. The molecule has 0 bridgehead atoms. The number of hydrogen-bond donors (Lipinski definition) is 2. The molecule has 2 amide bonds. The summed E-state index contributed by atoms with van der Waals surface area (Å²) >= 11 is 6.67. The number of amides is 2. The molecule has 1 saturated carbocycles. The zero-order chi connectivity index (χ0) is 22.4. The summed E-state index contributed by atoms with van der Waals surface area (Å²) in [6.07, 6.45) is 2.68. The van der Waals surface area contributed by atoms with Gasteiger partial charge in [-0.3, -0.25) is 9.59 Å². The number of rotatable bonds is 4. The summed E-state index contributed by atoms with van der Waals surface area (Å²) in [7, 11) is 0. The van der Waals surface area contributed by atoms with Crippen LogP contribution in [0.4, 0.5) is 18.9 Å². The first kappa shape index (κ1) is 23.6. The van der Waals surface area contributed by atoms with Gasteiger partial charge in [0.05, 0.1) is 10.6 Å². The Morgan fingerprint density at radius 3 is 2.52 bits per heavy atom. The molecule has 1 aromatic rings. The van der Waals surface area contributed by atoms with Crippen molar-refractivity contribution in [3.63, 3.8) is 0 Å². The van der Waals surface area contributed by atoms with Crippen LogP contribution in [0.3, 0.4) is 0 Å². The molecule has 1 atom stereocenters. The molecule has 1 heterocycles. The molecule has 2 aliphatic rings. The van der Waals surface area contributed by atoms with Crippen LogP contribution in [0, 0.1) is 0 Å². The van der Waals surface area contributed by atoms with Crippen LogP contribution in [0.5, 0.6) is 0 Å². The number of carbonyl (C=O) groups is 2. The SMILES string of the molecule is O=C(C[C@H]1S/C(=N/N=C2CCCCCCC2)NC1=O)Nc1ccc(Cl)c(C(F)(F)F)c1. The third-order valence-electron chi connectivity index (χ3n) is 4.92. The minimum absolute atomic E-state index is 0.0466. The van der Waals surface area contributed by atoms with E-state index >= 15 is 0 Å². The maximum Gasteiger partial charge on any atom is 0.417 e. The van der Waals surface area contributed by atoms with E-state index in [0.717, 1.165) is 55.3 Å². The highest BCUT2D eigenvalue weighted by atomic mass is 35.5. The van der Waals surface area contributed by atoms with Gasteiger partial charge in [0, 0.05) is 17.8 Å². The van der Waals surface area contributed by atoms with Crippen LogP contribution in [-0.2, 0) is 15.8 Å². The predicted octanol–water partition coefficient (Wildman–Crippen LogP) is 5.38. The Morgan fingerprint density at radius 2 is 1.84 bits per heavy atom. The number of halogens is 4. The topological polar surface area (TPSA) is 82.9 Å². The highest BCUT2D eigenvalue weighted by molar-refractivity contribution is 8.15. The van der Waals surface area contributed by atoms with E-state index < -0.39 is 27.9 Å². The summed E-state index contributed by atoms with van der Waals surface area (Å²) in [5.41, 5.74) is -0.0798. The van der Waals surface area contributed by atoms with Crippen molar-refractivity contribution in [2.24, 2.45) is 10.2 Å². The van der Waals surface area contributed by atoms with E-state index in [2.05, 4.69) is 20.8 Å². The van der Waals surface area contributed by atoms with Crippen molar-refractivity contribution < 1.29 is 22.8 Å². The van der Waals surface area contributed by atoms with Crippen LogP contribution in [0.25, 0.3) is 0 Å². The monoisotopic (exact) mass is 474 g/mol. The van der Waals surface area contributed by atoms with Crippen molar-refractivity contribution in [3.05, 3.63) is 28.8 Å². The van der Waals surface area contributed by atoms with Crippen molar-refractivity contribution >= 4 is 51.7 Å². The highest BCUT2D eigenvalue weighted by Crippen LogP contribution is 2.36. The number of carbonyl (C=O) groups excluding carboxylic acids is 2. The Morgan fingerprint density at radius 1 is 1.16 bits per heavy atom. The van der Waals surface area contributed by atoms with Crippen LogP contribution in [0.15, 0.2) is 28.4 Å². The Kier molecular flexibility index (Phi) is 7.99. The van der Waals surface area contributed by atoms with Crippen molar-refractivity contribution in [3.8, 4) is 0 Å². The molecule has 2 N–H and O–H groups in total. The van der Waals surface area contributed by atoms with Gasteiger partial charge in [-0.15, -0.1) is 5.10 Å². The smallest absolute Gasteiger partial charge is 0.326 e. The molecule has 31 heavy (non-hydrogen) atoms. The molecule has 1 saturated heterocycles. The number of amidine groups is 1. The molecule has 6 nitrogen and oxygen atoms in total. The van der Waals surface area contributed by atoms with Gasteiger partial charge in [0.2, 0.25) is 11.8 Å². The second kappa shape index (κ2) is 10.5. The van der Waals surface area contributed by atoms with Crippen LogP contribution in [0.1, 0.15) is 56.9 Å². The lowest BCUT2D eigenvalue weighted by Gasteiger charge is -2.12. The fourth-order valence-corrected chi connectivity index (χ4v) is 4.46. The van der Waals surface area contributed by atoms with E-state index in [0.29, 0.717) is 5.17 Å². The van der Waals surface area contributed by atoms with Gasteiger partial charge in [0.15, 0.2) is 5.17 Å². The molecule has 168 valence electrons. The molecule has 1 aliphatic carbocycles. The van der Waals surface area contributed by atoms with Crippen molar-refractivity contribution in [1.82, 2.24) is 5.32 Å². The highest BCUT2D eigenvalue weighted by Gasteiger charge is 2.34. The Bertz CT molecular complexity index is 895. The molecule has 0 radical (unpaired) electrons. The van der Waals surface area contributed by atoms with Gasteiger partial charge in [-0.05, 0) is 43.9 Å². The lowest BCUT2D eigenvalue weighted by atomic mass is 9.99. The molecule has 0 spiro atoms. The predicted molar refractivity (Wildman–Crippen MR) is 116 cm³/mol. The van der Waals surface area contributed by atoms with Gasteiger partial charge in [-0.2, -0.15) is 18.3 Å². The van der Waals surface area contributed by atoms with Gasteiger partial charge >= 0.3 is 6.18 Å². The average molecular weight is 475 g/mol. The van der Waals surface area contributed by atoms with Gasteiger partial charge in [-0.25, -0.2) is 0 Å².